The molecule has 16 heteroatoms. The van der Waals surface area contributed by atoms with Gasteiger partial charge in [0.25, 0.3) is 5.91 Å². The molecule has 0 fully saturated rings. The lowest BCUT2D eigenvalue weighted by Crippen LogP contribution is -2.42. The summed E-state index contributed by atoms with van der Waals surface area (Å²) in [7, 11) is 0. The van der Waals surface area contributed by atoms with Gasteiger partial charge < -0.3 is 36.6 Å². The molecule has 216 valence electrons. The molecule has 0 radical (unpaired) electrons. The topological polar surface area (TPSA) is 185 Å². The van der Waals surface area contributed by atoms with Gasteiger partial charge in [-0.25, -0.2) is 0 Å². The van der Waals surface area contributed by atoms with Crippen LogP contribution in [0.15, 0.2) is 46.1 Å². The Morgan fingerprint density at radius 2 is 1.93 bits per heavy atom. The maximum absolute atomic E-state index is 13.4. The van der Waals surface area contributed by atoms with Gasteiger partial charge >= 0.3 is 12.1 Å². The highest BCUT2D eigenvalue weighted by atomic mass is 79.9. The molecule has 0 aliphatic carbocycles. The van der Waals surface area contributed by atoms with Gasteiger partial charge in [-0.1, -0.05) is 22.0 Å². The summed E-state index contributed by atoms with van der Waals surface area (Å²) in [5, 5.41) is 39.4. The molecule has 7 N–H and O–H groups in total. The Labute approximate surface area is 234 Å². The number of pyridine rings is 1. The van der Waals surface area contributed by atoms with E-state index in [0.29, 0.717) is 25.1 Å². The van der Waals surface area contributed by atoms with Gasteiger partial charge in [0.05, 0.1) is 49.1 Å². The van der Waals surface area contributed by atoms with Gasteiger partial charge in [0.15, 0.2) is 11.6 Å². The number of guanidine groups is 1. The number of hydrogen-bond donors (Lipinski definition) is 7. The van der Waals surface area contributed by atoms with Gasteiger partial charge in [0.1, 0.15) is 0 Å². The van der Waals surface area contributed by atoms with Gasteiger partial charge in [-0.05, 0) is 36.2 Å². The van der Waals surface area contributed by atoms with E-state index in [4.69, 9.17) is 0 Å². The second-order valence-electron chi connectivity index (χ2n) is 9.06. The van der Waals surface area contributed by atoms with Gasteiger partial charge in [-0.2, -0.15) is 13.2 Å². The molecule has 0 spiro atoms. The Bertz CT molecular complexity index is 1310. The van der Waals surface area contributed by atoms with Crippen molar-refractivity contribution in [3.63, 3.8) is 0 Å². The van der Waals surface area contributed by atoms with Crippen molar-refractivity contribution >= 4 is 45.4 Å². The van der Waals surface area contributed by atoms with Crippen molar-refractivity contribution in [2.45, 2.75) is 37.3 Å². The summed E-state index contributed by atoms with van der Waals surface area (Å²) in [6, 6.07) is 3.48. The number of aliphatic hydroxyl groups is 2. The van der Waals surface area contributed by atoms with Crippen molar-refractivity contribution in [2.75, 3.05) is 25.0 Å². The fraction of sp³-hybridized carbons (Fsp3) is 0.375. The van der Waals surface area contributed by atoms with Crippen LogP contribution < -0.4 is 21.3 Å². The van der Waals surface area contributed by atoms with Crippen LogP contribution in [0, 0.1) is 0 Å². The van der Waals surface area contributed by atoms with Crippen LogP contribution in [0.1, 0.15) is 40.9 Å². The van der Waals surface area contributed by atoms with Crippen molar-refractivity contribution in [3.05, 3.63) is 57.8 Å². The second kappa shape index (κ2) is 12.6. The number of nitrogens with zero attached hydrogens (tertiary/aromatic N) is 2. The third kappa shape index (κ3) is 8.12. The number of aliphatic imine (C=N–C) groups is 1. The molecule has 1 aliphatic heterocycles. The molecular weight excluding hydrogens is 605 g/mol. The molecule has 2 aromatic rings. The number of amides is 2. The predicted molar refractivity (Wildman–Crippen MR) is 139 cm³/mol. The average molecular weight is 631 g/mol. The molecule has 3 atom stereocenters. The van der Waals surface area contributed by atoms with Gasteiger partial charge in [0, 0.05) is 17.2 Å². The lowest BCUT2D eigenvalue weighted by Gasteiger charge is -2.28. The lowest BCUT2D eigenvalue weighted by atomic mass is 9.91. The Balaban J connectivity index is 1.68. The van der Waals surface area contributed by atoms with E-state index in [2.05, 4.69) is 47.2 Å². The molecule has 3 rings (SSSR count). The molecule has 12 nitrogen and oxygen atoms in total. The third-order valence-electron chi connectivity index (χ3n) is 5.79. The first kappa shape index (κ1) is 30.8. The maximum Gasteiger partial charge on any atom is 0.421 e. The van der Waals surface area contributed by atoms with Gasteiger partial charge in [0.2, 0.25) is 5.91 Å². The summed E-state index contributed by atoms with van der Waals surface area (Å²) in [4.78, 5) is 44.7. The number of anilines is 1. The Morgan fingerprint density at radius 1 is 1.20 bits per heavy atom. The highest BCUT2D eigenvalue weighted by molar-refractivity contribution is 9.10. The number of carbonyl (C=O) groups is 3. The zero-order chi connectivity index (χ0) is 29.7. The van der Waals surface area contributed by atoms with Gasteiger partial charge in [-0.15, -0.1) is 0 Å². The summed E-state index contributed by atoms with van der Waals surface area (Å²) in [6.07, 6.45) is -3.64. The highest BCUT2D eigenvalue weighted by Gasteiger charge is 2.51. The number of β-amino-alcohol motifs (C(OH)–C–C–N with tert-alkyl or cyclic N) is 1. The van der Waals surface area contributed by atoms with Crippen LogP contribution in [0.5, 0.6) is 0 Å². The normalized spacial score (nSPS) is 17.5. The Morgan fingerprint density at radius 3 is 2.55 bits per heavy atom. The molecule has 2 amide bonds. The van der Waals surface area contributed by atoms with E-state index in [9.17, 15) is 42.9 Å². The SMILES string of the molecule is CC(O)(c1cc(Br)cc([C@H](CC(=O)O)NC(=O)CNC(=O)c2cncc(NC3=NCC(O)CN3)c2)c1)C(F)(F)F. The third-order valence-corrected chi connectivity index (χ3v) is 6.25. The number of benzene rings is 1. The maximum atomic E-state index is 13.4. The fourth-order valence-electron chi connectivity index (χ4n) is 3.58. The van der Waals surface area contributed by atoms with E-state index in [-0.39, 0.29) is 22.1 Å². The fourth-order valence-corrected chi connectivity index (χ4v) is 4.09. The zero-order valence-electron chi connectivity index (χ0n) is 20.9. The summed E-state index contributed by atoms with van der Waals surface area (Å²) < 4.78 is 40.3. The van der Waals surface area contributed by atoms with Crippen molar-refractivity contribution in [1.29, 1.82) is 0 Å². The molecule has 40 heavy (non-hydrogen) atoms. The van der Waals surface area contributed by atoms with Crippen LogP contribution >= 0.6 is 15.9 Å². The summed E-state index contributed by atoms with van der Waals surface area (Å²) in [5.74, 6) is -2.47. The average Bonchev–Trinajstić information content (AvgIpc) is 2.87. The Kier molecular flexibility index (Phi) is 9.70. The van der Waals surface area contributed by atoms with E-state index in [0.717, 1.165) is 12.1 Å². The van der Waals surface area contributed by atoms with Crippen molar-refractivity contribution in [2.24, 2.45) is 4.99 Å². The van der Waals surface area contributed by atoms with E-state index < -0.39 is 60.2 Å². The van der Waals surface area contributed by atoms with Crippen LogP contribution in [0.25, 0.3) is 0 Å². The molecule has 0 saturated heterocycles. The minimum atomic E-state index is -5.02. The van der Waals surface area contributed by atoms with E-state index in [1.165, 1.54) is 24.5 Å². The number of nitrogens with one attached hydrogen (secondary N) is 4. The number of aromatic nitrogens is 1. The Hall–Kier alpha value is -3.76. The number of aliphatic hydroxyl groups excluding tert-OH is 1. The van der Waals surface area contributed by atoms with E-state index >= 15 is 0 Å². The minimum Gasteiger partial charge on any atom is -0.481 e. The number of alkyl halides is 3. The van der Waals surface area contributed by atoms with Crippen molar-refractivity contribution < 1.29 is 42.9 Å². The van der Waals surface area contributed by atoms with Crippen LogP contribution in [0.2, 0.25) is 0 Å². The summed E-state index contributed by atoms with van der Waals surface area (Å²) >= 11 is 3.06. The number of rotatable bonds is 9. The smallest absolute Gasteiger partial charge is 0.421 e. The van der Waals surface area contributed by atoms with Crippen LogP contribution in [0.4, 0.5) is 18.9 Å². The number of carboxylic acid groups (broad SMARTS) is 1. The molecule has 1 aromatic carbocycles. The van der Waals surface area contributed by atoms with Crippen molar-refractivity contribution in [3.8, 4) is 0 Å². The number of halogens is 4. The first-order valence-electron chi connectivity index (χ1n) is 11.7. The second-order valence-corrected chi connectivity index (χ2v) is 9.97. The number of carboxylic acids is 1. The lowest BCUT2D eigenvalue weighted by molar-refractivity contribution is -0.258. The number of hydrogen-bond acceptors (Lipinski definition) is 9. The first-order valence-corrected chi connectivity index (χ1v) is 12.5. The molecule has 0 bridgehead atoms. The standard InChI is InChI=1S/C24H26BrF3N6O6/c1-23(40,24(26,27)28)14-2-12(3-15(25)5-14)18(6-20(37)38)34-19(36)11-30-21(39)13-4-16(8-29-7-13)33-22-31-9-17(35)10-32-22/h2-5,7-8,17-18,35,40H,6,9-11H2,1H3,(H,30,39)(H,34,36)(H,37,38)(H2,31,32,33)/t18-,23?/m0/s1. The van der Waals surface area contributed by atoms with E-state index in [1.807, 2.05) is 0 Å². The molecule has 0 saturated carbocycles. The monoisotopic (exact) mass is 630 g/mol. The molecular formula is C24H26BrF3N6O6. The van der Waals surface area contributed by atoms with Gasteiger partial charge in [-0.3, -0.25) is 24.4 Å². The molecule has 2 unspecified atom stereocenters. The van der Waals surface area contributed by atoms with Crippen molar-refractivity contribution in [1.82, 2.24) is 20.9 Å². The number of aliphatic carboxylic acids is 1. The van der Waals surface area contributed by atoms with Crippen LogP contribution in [-0.4, -0.2) is 76.0 Å². The number of carbonyl (C=O) groups excluding carboxylic acids is 2. The molecule has 1 aliphatic rings. The molecule has 2 heterocycles. The minimum absolute atomic E-state index is 0.00860. The first-order chi connectivity index (χ1) is 18.7. The largest absolute Gasteiger partial charge is 0.481 e. The zero-order valence-corrected chi connectivity index (χ0v) is 22.5. The van der Waals surface area contributed by atoms with Crippen LogP contribution in [-0.2, 0) is 15.2 Å². The summed E-state index contributed by atoms with van der Waals surface area (Å²) in [6.45, 7) is 0.464. The molecule has 1 aromatic heterocycles. The van der Waals surface area contributed by atoms with Crippen LogP contribution in [0.3, 0.4) is 0 Å². The highest BCUT2D eigenvalue weighted by Crippen LogP contribution is 2.40. The summed E-state index contributed by atoms with van der Waals surface area (Å²) in [5.41, 5.74) is -3.32. The van der Waals surface area contributed by atoms with E-state index in [1.54, 1.807) is 0 Å². The quantitative estimate of drug-likeness (QED) is 0.215. The predicted octanol–water partition coefficient (Wildman–Crippen LogP) is 1.41.